The number of carboxylic acids is 1. The van der Waals surface area contributed by atoms with Crippen LogP contribution in [0.3, 0.4) is 0 Å². The molecule has 3 nitrogen and oxygen atoms in total. The lowest BCUT2D eigenvalue weighted by Crippen LogP contribution is -2.70. The summed E-state index contributed by atoms with van der Waals surface area (Å²) in [5, 5.41) is 8.68. The molecule has 0 aliphatic heterocycles. The van der Waals surface area contributed by atoms with E-state index in [4.69, 9.17) is 9.84 Å². The second-order valence-electron chi connectivity index (χ2n) is 3.50. The van der Waals surface area contributed by atoms with Crippen molar-refractivity contribution in [1.29, 1.82) is 0 Å². The molecule has 10 heavy (non-hydrogen) atoms. The Morgan fingerprint density at radius 1 is 1.50 bits per heavy atom. The van der Waals surface area contributed by atoms with Gasteiger partial charge < -0.3 is 9.84 Å². The molecule has 3 heteroatoms. The molecule has 56 valence electrons. The van der Waals surface area contributed by atoms with Crippen LogP contribution in [0.1, 0.15) is 19.3 Å². The van der Waals surface area contributed by atoms with Crippen molar-refractivity contribution in [3.63, 3.8) is 0 Å². The van der Waals surface area contributed by atoms with Crippen molar-refractivity contribution in [1.82, 2.24) is 0 Å². The zero-order chi connectivity index (χ0) is 7.41. The predicted molar refractivity (Wildman–Crippen MR) is 33.7 cm³/mol. The average Bonchev–Trinajstić information content (AvgIpc) is 1.57. The highest BCUT2D eigenvalue weighted by atomic mass is 16.5. The summed E-state index contributed by atoms with van der Waals surface area (Å²) in [5.74, 6) is -0.647. The van der Waals surface area contributed by atoms with Crippen molar-refractivity contribution in [3.05, 3.63) is 0 Å². The molecule has 1 N–H and O–H groups in total. The van der Waals surface area contributed by atoms with Gasteiger partial charge in [0.05, 0.1) is 11.0 Å². The summed E-state index contributed by atoms with van der Waals surface area (Å²) >= 11 is 0. The van der Waals surface area contributed by atoms with E-state index in [9.17, 15) is 4.79 Å². The first-order chi connectivity index (χ1) is 4.63. The highest BCUT2D eigenvalue weighted by Gasteiger charge is 2.72. The fourth-order valence-corrected chi connectivity index (χ4v) is 2.14. The summed E-state index contributed by atoms with van der Waals surface area (Å²) in [6.07, 6.45) is 2.18. The van der Waals surface area contributed by atoms with Crippen LogP contribution < -0.4 is 0 Å². The fraction of sp³-hybridized carbons (Fsp3) is 0.857. The van der Waals surface area contributed by atoms with Gasteiger partial charge in [0, 0.05) is 7.11 Å². The van der Waals surface area contributed by atoms with Gasteiger partial charge in [0.1, 0.15) is 0 Å². The molecule has 3 saturated carbocycles. The Morgan fingerprint density at radius 3 is 2.30 bits per heavy atom. The Morgan fingerprint density at radius 2 is 2.00 bits per heavy atom. The highest BCUT2D eigenvalue weighted by molar-refractivity contribution is 5.79. The largest absolute Gasteiger partial charge is 0.481 e. The summed E-state index contributed by atoms with van der Waals surface area (Å²) in [6.45, 7) is 0. The van der Waals surface area contributed by atoms with E-state index in [1.54, 1.807) is 7.11 Å². The summed E-state index contributed by atoms with van der Waals surface area (Å²) in [6, 6.07) is 0. The van der Waals surface area contributed by atoms with Crippen molar-refractivity contribution in [2.75, 3.05) is 7.11 Å². The molecule has 0 aromatic heterocycles. The third-order valence-electron chi connectivity index (χ3n) is 2.87. The summed E-state index contributed by atoms with van der Waals surface area (Å²) in [5.41, 5.74) is -0.408. The Hall–Kier alpha value is -0.570. The minimum Gasteiger partial charge on any atom is -0.481 e. The maximum Gasteiger partial charge on any atom is 0.309 e. The van der Waals surface area contributed by atoms with Crippen LogP contribution in [0.5, 0.6) is 0 Å². The van der Waals surface area contributed by atoms with Crippen molar-refractivity contribution < 1.29 is 14.6 Å². The van der Waals surface area contributed by atoms with Gasteiger partial charge >= 0.3 is 5.97 Å². The monoisotopic (exact) mass is 142 g/mol. The van der Waals surface area contributed by atoms with Crippen molar-refractivity contribution in [3.8, 4) is 0 Å². The highest BCUT2D eigenvalue weighted by Crippen LogP contribution is 2.68. The van der Waals surface area contributed by atoms with E-state index in [1.165, 1.54) is 0 Å². The van der Waals surface area contributed by atoms with Gasteiger partial charge in [-0.15, -0.1) is 0 Å². The molecule has 0 aromatic rings. The van der Waals surface area contributed by atoms with Crippen molar-refractivity contribution in [2.24, 2.45) is 5.41 Å². The molecular formula is C7H10O3. The van der Waals surface area contributed by atoms with Crippen LogP contribution in [0.15, 0.2) is 0 Å². The van der Waals surface area contributed by atoms with Crippen LogP contribution in [0, 0.1) is 5.41 Å². The summed E-state index contributed by atoms with van der Waals surface area (Å²) < 4.78 is 5.15. The van der Waals surface area contributed by atoms with Crippen LogP contribution in [-0.4, -0.2) is 23.8 Å². The molecular weight excluding hydrogens is 132 g/mol. The smallest absolute Gasteiger partial charge is 0.309 e. The Kier molecular flexibility index (Phi) is 0.844. The van der Waals surface area contributed by atoms with Crippen LogP contribution in [0.25, 0.3) is 0 Å². The lowest BCUT2D eigenvalue weighted by Gasteiger charge is -2.66. The SMILES string of the molecule is COC12CC(C(=O)O)(C1)C2. The minimum absolute atomic E-state index is 0.0294. The molecule has 3 rings (SSSR count). The number of carboxylic acid groups (broad SMARTS) is 1. The van der Waals surface area contributed by atoms with Gasteiger partial charge in [-0.2, -0.15) is 0 Å². The minimum atomic E-state index is -0.647. The molecule has 3 fully saturated rings. The average molecular weight is 142 g/mol. The third kappa shape index (κ3) is 0.440. The van der Waals surface area contributed by atoms with Gasteiger partial charge in [0.25, 0.3) is 0 Å². The first-order valence-corrected chi connectivity index (χ1v) is 3.41. The van der Waals surface area contributed by atoms with Gasteiger partial charge in [0.15, 0.2) is 0 Å². The van der Waals surface area contributed by atoms with Crippen LogP contribution in [0.4, 0.5) is 0 Å². The Labute approximate surface area is 59.0 Å². The van der Waals surface area contributed by atoms with E-state index in [0.717, 1.165) is 19.3 Å². The molecule has 0 unspecified atom stereocenters. The van der Waals surface area contributed by atoms with E-state index < -0.39 is 5.97 Å². The van der Waals surface area contributed by atoms with Crippen molar-refractivity contribution >= 4 is 5.97 Å². The van der Waals surface area contributed by atoms with Gasteiger partial charge in [-0.3, -0.25) is 4.79 Å². The Bertz CT molecular complexity index is 177. The van der Waals surface area contributed by atoms with E-state index >= 15 is 0 Å². The van der Waals surface area contributed by atoms with E-state index in [1.807, 2.05) is 0 Å². The van der Waals surface area contributed by atoms with Crippen molar-refractivity contribution in [2.45, 2.75) is 24.9 Å². The van der Waals surface area contributed by atoms with Crippen LogP contribution >= 0.6 is 0 Å². The number of methoxy groups -OCH3 is 1. The number of carbonyl (C=O) groups is 1. The molecule has 0 saturated heterocycles. The third-order valence-corrected chi connectivity index (χ3v) is 2.87. The summed E-state index contributed by atoms with van der Waals surface area (Å²) in [7, 11) is 1.66. The predicted octanol–water partition coefficient (Wildman–Crippen LogP) is 0.640. The van der Waals surface area contributed by atoms with E-state index in [2.05, 4.69) is 0 Å². The Balaban J connectivity index is 2.04. The normalized spacial score (nSPS) is 49.3. The second kappa shape index (κ2) is 1.37. The first kappa shape index (κ1) is 6.16. The fourth-order valence-electron chi connectivity index (χ4n) is 2.14. The number of aliphatic carboxylic acids is 1. The molecule has 0 atom stereocenters. The molecule has 0 radical (unpaired) electrons. The number of hydrogen-bond donors (Lipinski definition) is 1. The molecule has 0 aromatic carbocycles. The van der Waals surface area contributed by atoms with E-state index in [0.29, 0.717) is 0 Å². The molecule has 3 aliphatic rings. The number of rotatable bonds is 2. The molecule has 2 bridgehead atoms. The van der Waals surface area contributed by atoms with Crippen LogP contribution in [-0.2, 0) is 9.53 Å². The molecule has 0 heterocycles. The van der Waals surface area contributed by atoms with E-state index in [-0.39, 0.29) is 11.0 Å². The molecule has 0 amide bonds. The van der Waals surface area contributed by atoms with Gasteiger partial charge in [-0.05, 0) is 19.3 Å². The van der Waals surface area contributed by atoms with Gasteiger partial charge in [0.2, 0.25) is 0 Å². The zero-order valence-corrected chi connectivity index (χ0v) is 5.89. The zero-order valence-electron chi connectivity index (χ0n) is 5.89. The van der Waals surface area contributed by atoms with Crippen LogP contribution in [0.2, 0.25) is 0 Å². The van der Waals surface area contributed by atoms with Gasteiger partial charge in [-0.25, -0.2) is 0 Å². The standard InChI is InChI=1S/C7H10O3/c1-10-7-2-6(3-7,4-7)5(8)9/h2-4H2,1H3,(H,8,9). The second-order valence-corrected chi connectivity index (χ2v) is 3.50. The lowest BCUT2D eigenvalue weighted by atomic mass is 9.41. The molecule has 0 spiro atoms. The quantitative estimate of drug-likeness (QED) is 0.615. The molecule has 3 aliphatic carbocycles. The topological polar surface area (TPSA) is 46.5 Å². The maximum absolute atomic E-state index is 10.5. The first-order valence-electron chi connectivity index (χ1n) is 3.41. The number of hydrogen-bond acceptors (Lipinski definition) is 2. The summed E-state index contributed by atoms with van der Waals surface area (Å²) in [4.78, 5) is 10.5. The lowest BCUT2D eigenvalue weighted by molar-refractivity contribution is -0.271. The van der Waals surface area contributed by atoms with Gasteiger partial charge in [-0.1, -0.05) is 0 Å². The maximum atomic E-state index is 10.5. The number of ether oxygens (including phenoxy) is 1.